The molecule has 0 atom stereocenters. The van der Waals surface area contributed by atoms with E-state index in [1.165, 1.54) is 10.2 Å². The molecule has 0 aliphatic carbocycles. The zero-order chi connectivity index (χ0) is 21.3. The van der Waals surface area contributed by atoms with Crippen molar-refractivity contribution in [3.8, 4) is 0 Å². The molecule has 1 aliphatic rings. The van der Waals surface area contributed by atoms with Crippen LogP contribution in [0, 0.1) is 24.0 Å². The Morgan fingerprint density at radius 1 is 1.13 bits per heavy atom. The van der Waals surface area contributed by atoms with Crippen LogP contribution >= 0.6 is 0 Å². The largest absolute Gasteiger partial charge is 0.339 e. The van der Waals surface area contributed by atoms with Crippen molar-refractivity contribution in [3.05, 3.63) is 63.6 Å². The predicted molar refractivity (Wildman–Crippen MR) is 112 cm³/mol. The molecule has 3 heterocycles. The van der Waals surface area contributed by atoms with Gasteiger partial charge in [0.15, 0.2) is 0 Å². The fraction of sp³-hybridized carbons (Fsp3) is 0.381. The third-order valence-corrected chi connectivity index (χ3v) is 5.65. The van der Waals surface area contributed by atoms with Crippen molar-refractivity contribution < 1.29 is 9.72 Å². The Morgan fingerprint density at radius 3 is 2.57 bits per heavy atom. The summed E-state index contributed by atoms with van der Waals surface area (Å²) in [5, 5.41) is 16.5. The Bertz CT molecular complexity index is 1100. The summed E-state index contributed by atoms with van der Waals surface area (Å²) in [6.45, 7) is 6.82. The Kier molecular flexibility index (Phi) is 5.45. The van der Waals surface area contributed by atoms with Crippen molar-refractivity contribution in [1.82, 2.24) is 24.6 Å². The van der Waals surface area contributed by atoms with Gasteiger partial charge in [0.1, 0.15) is 17.9 Å². The van der Waals surface area contributed by atoms with Crippen molar-refractivity contribution in [2.45, 2.75) is 26.9 Å². The van der Waals surface area contributed by atoms with Gasteiger partial charge in [0.25, 0.3) is 0 Å². The van der Waals surface area contributed by atoms with E-state index in [2.05, 4.69) is 33.2 Å². The molecule has 1 saturated heterocycles. The number of amides is 1. The van der Waals surface area contributed by atoms with E-state index in [0.29, 0.717) is 24.5 Å². The van der Waals surface area contributed by atoms with Crippen molar-refractivity contribution in [2.24, 2.45) is 0 Å². The molecule has 4 rings (SSSR count). The number of fused-ring (bicyclic) bond motifs is 1. The maximum Gasteiger partial charge on any atom is 0.312 e. The minimum Gasteiger partial charge on any atom is -0.339 e. The van der Waals surface area contributed by atoms with Gasteiger partial charge in [0.2, 0.25) is 5.91 Å². The molecule has 2 aromatic heterocycles. The second kappa shape index (κ2) is 8.19. The summed E-state index contributed by atoms with van der Waals surface area (Å²) in [6, 6.07) is 10.2. The van der Waals surface area contributed by atoms with Crippen LogP contribution in [0.1, 0.15) is 17.0 Å². The minimum absolute atomic E-state index is 0.0173. The Morgan fingerprint density at radius 2 is 1.87 bits per heavy atom. The highest BCUT2D eigenvalue weighted by molar-refractivity contribution is 5.81. The normalized spacial score (nSPS) is 14.9. The van der Waals surface area contributed by atoms with Gasteiger partial charge in [0.05, 0.1) is 10.4 Å². The molecule has 1 aromatic carbocycles. The predicted octanol–water partition coefficient (Wildman–Crippen LogP) is 2.30. The van der Waals surface area contributed by atoms with E-state index in [-0.39, 0.29) is 18.1 Å². The molecule has 0 radical (unpaired) electrons. The highest BCUT2D eigenvalue weighted by Crippen LogP contribution is 2.22. The van der Waals surface area contributed by atoms with Crippen LogP contribution in [-0.4, -0.2) is 61.6 Å². The molecule has 0 bridgehead atoms. The van der Waals surface area contributed by atoms with E-state index < -0.39 is 4.92 Å². The van der Waals surface area contributed by atoms with Gasteiger partial charge in [0, 0.05) is 44.3 Å². The lowest BCUT2D eigenvalue weighted by Gasteiger charge is -2.35. The summed E-state index contributed by atoms with van der Waals surface area (Å²) in [5.41, 5.74) is 2.93. The molecule has 0 unspecified atom stereocenters. The van der Waals surface area contributed by atoms with Crippen molar-refractivity contribution in [1.29, 1.82) is 0 Å². The number of nitro groups is 1. The first-order valence-electron chi connectivity index (χ1n) is 9.95. The molecule has 30 heavy (non-hydrogen) atoms. The number of benzene rings is 1. The van der Waals surface area contributed by atoms with Crippen LogP contribution in [0.4, 0.5) is 5.69 Å². The molecular formula is C21H24N6O3. The number of nitrogens with zero attached hydrogens (tertiary/aromatic N) is 6. The minimum atomic E-state index is -0.445. The van der Waals surface area contributed by atoms with Gasteiger partial charge in [-0.05, 0) is 25.5 Å². The average molecular weight is 408 g/mol. The van der Waals surface area contributed by atoms with Crippen molar-refractivity contribution in [2.75, 3.05) is 26.2 Å². The SMILES string of the molecule is Cc1nn(CC(=O)N2CCN(Cc3cccc4cccnc34)CC2)c(C)c1[N+](=O)[O-]. The van der Waals surface area contributed by atoms with Crippen LogP contribution < -0.4 is 0 Å². The number of aromatic nitrogens is 3. The monoisotopic (exact) mass is 408 g/mol. The Balaban J connectivity index is 1.37. The van der Waals surface area contributed by atoms with Gasteiger partial charge >= 0.3 is 5.69 Å². The van der Waals surface area contributed by atoms with Gasteiger partial charge in [-0.1, -0.05) is 24.3 Å². The number of aryl methyl sites for hydroxylation is 1. The summed E-state index contributed by atoms with van der Waals surface area (Å²) >= 11 is 0. The maximum atomic E-state index is 12.7. The summed E-state index contributed by atoms with van der Waals surface area (Å²) in [7, 11) is 0. The van der Waals surface area contributed by atoms with Gasteiger partial charge in [-0.2, -0.15) is 5.10 Å². The summed E-state index contributed by atoms with van der Waals surface area (Å²) < 4.78 is 1.43. The highest BCUT2D eigenvalue weighted by atomic mass is 16.6. The van der Waals surface area contributed by atoms with Crippen molar-refractivity contribution >= 4 is 22.5 Å². The zero-order valence-corrected chi connectivity index (χ0v) is 17.1. The fourth-order valence-corrected chi connectivity index (χ4v) is 4.03. The lowest BCUT2D eigenvalue weighted by molar-refractivity contribution is -0.386. The fourth-order valence-electron chi connectivity index (χ4n) is 4.03. The van der Waals surface area contributed by atoms with Gasteiger partial charge < -0.3 is 4.90 Å². The second-order valence-corrected chi connectivity index (χ2v) is 7.58. The second-order valence-electron chi connectivity index (χ2n) is 7.58. The van der Waals surface area contributed by atoms with Crippen LogP contribution in [0.2, 0.25) is 0 Å². The summed E-state index contributed by atoms with van der Waals surface area (Å²) in [6.07, 6.45) is 1.81. The lowest BCUT2D eigenvalue weighted by Crippen LogP contribution is -2.49. The first-order chi connectivity index (χ1) is 14.4. The van der Waals surface area contributed by atoms with Crippen molar-refractivity contribution in [3.63, 3.8) is 0 Å². The van der Waals surface area contributed by atoms with E-state index in [0.717, 1.165) is 30.5 Å². The maximum absolute atomic E-state index is 12.7. The molecule has 1 aliphatic heterocycles. The summed E-state index contributed by atoms with van der Waals surface area (Å²) in [4.78, 5) is 32.1. The number of hydrogen-bond donors (Lipinski definition) is 0. The van der Waals surface area contributed by atoms with Gasteiger partial charge in [-0.3, -0.25) is 29.5 Å². The molecule has 9 heteroatoms. The molecule has 3 aromatic rings. The quantitative estimate of drug-likeness (QED) is 0.475. The van der Waals surface area contributed by atoms with Crippen LogP contribution in [0.3, 0.4) is 0 Å². The molecule has 9 nitrogen and oxygen atoms in total. The molecule has 0 spiro atoms. The van der Waals surface area contributed by atoms with Crippen LogP contribution in [0.15, 0.2) is 36.5 Å². The molecular weight excluding hydrogens is 384 g/mol. The highest BCUT2D eigenvalue weighted by Gasteiger charge is 2.26. The average Bonchev–Trinajstić information content (AvgIpc) is 3.02. The van der Waals surface area contributed by atoms with Gasteiger partial charge in [-0.15, -0.1) is 0 Å². The third kappa shape index (κ3) is 3.88. The number of pyridine rings is 1. The first kappa shape index (κ1) is 20.0. The number of rotatable bonds is 5. The van der Waals surface area contributed by atoms with E-state index >= 15 is 0 Å². The molecule has 0 N–H and O–H groups in total. The topological polar surface area (TPSA) is 97.4 Å². The lowest BCUT2D eigenvalue weighted by atomic mass is 10.1. The number of piperazine rings is 1. The Labute approximate surface area is 174 Å². The number of para-hydroxylation sites is 1. The number of carbonyl (C=O) groups is 1. The van der Waals surface area contributed by atoms with Crippen LogP contribution in [0.25, 0.3) is 10.9 Å². The van der Waals surface area contributed by atoms with Crippen LogP contribution in [0.5, 0.6) is 0 Å². The first-order valence-corrected chi connectivity index (χ1v) is 9.95. The van der Waals surface area contributed by atoms with E-state index in [1.807, 2.05) is 18.3 Å². The zero-order valence-electron chi connectivity index (χ0n) is 17.1. The molecule has 1 amide bonds. The molecule has 156 valence electrons. The van der Waals surface area contributed by atoms with E-state index in [1.54, 1.807) is 18.7 Å². The molecule has 0 saturated carbocycles. The number of hydrogen-bond acceptors (Lipinski definition) is 6. The van der Waals surface area contributed by atoms with E-state index in [4.69, 9.17) is 0 Å². The van der Waals surface area contributed by atoms with Crippen LogP contribution in [-0.2, 0) is 17.9 Å². The molecule has 1 fully saturated rings. The van der Waals surface area contributed by atoms with E-state index in [9.17, 15) is 14.9 Å². The number of carbonyl (C=O) groups excluding carboxylic acids is 1. The summed E-state index contributed by atoms with van der Waals surface area (Å²) in [5.74, 6) is -0.0676. The third-order valence-electron chi connectivity index (χ3n) is 5.65. The Hall–Kier alpha value is -3.33. The smallest absolute Gasteiger partial charge is 0.312 e. The van der Waals surface area contributed by atoms with Gasteiger partial charge in [-0.25, -0.2) is 0 Å². The standard InChI is InChI=1S/C21H24N6O3/c1-15-21(27(29)30)16(2)26(23-15)14-19(28)25-11-9-24(10-12-25)13-18-6-3-5-17-7-4-8-22-20(17)18/h3-8H,9-14H2,1-2H3.